The molecule has 0 spiro atoms. The highest BCUT2D eigenvalue weighted by molar-refractivity contribution is 6.87. The highest BCUT2D eigenvalue weighted by Crippen LogP contribution is 2.22. The molecule has 0 radical (unpaired) electrons. The van der Waals surface area contributed by atoms with Gasteiger partial charge in [0.25, 0.3) is 0 Å². The van der Waals surface area contributed by atoms with Crippen LogP contribution in [0.3, 0.4) is 0 Å². The van der Waals surface area contributed by atoms with Crippen LogP contribution in [0.5, 0.6) is 0 Å². The first-order valence-electron chi connectivity index (χ1n) is 8.12. The van der Waals surface area contributed by atoms with Gasteiger partial charge in [-0.05, 0) is 0 Å². The van der Waals surface area contributed by atoms with E-state index in [2.05, 4.69) is 37.6 Å². The summed E-state index contributed by atoms with van der Waals surface area (Å²) < 4.78 is 0. The van der Waals surface area contributed by atoms with E-state index in [1.165, 1.54) is 63.5 Å². The van der Waals surface area contributed by atoms with Crippen molar-refractivity contribution in [2.24, 2.45) is 0 Å². The topological polar surface area (TPSA) is 0 Å². The van der Waals surface area contributed by atoms with E-state index >= 15 is 0 Å². The molecule has 0 aromatic carbocycles. The van der Waals surface area contributed by atoms with Crippen LogP contribution in [0.25, 0.3) is 0 Å². The summed E-state index contributed by atoms with van der Waals surface area (Å²) in [5.74, 6) is 0. The fourth-order valence-corrected chi connectivity index (χ4v) is 9.11. The van der Waals surface area contributed by atoms with Crippen LogP contribution in [0, 0.1) is 0 Å². The van der Waals surface area contributed by atoms with Gasteiger partial charge in [-0.15, -0.1) is 11.4 Å². The van der Waals surface area contributed by atoms with Crippen LogP contribution in [0.2, 0.25) is 38.3 Å². The van der Waals surface area contributed by atoms with Gasteiger partial charge < -0.3 is 0 Å². The van der Waals surface area contributed by atoms with E-state index in [0.717, 1.165) is 0 Å². The molecule has 0 saturated heterocycles. The third kappa shape index (κ3) is 7.57. The smallest absolute Gasteiger partial charge is 0.0708 e. The lowest BCUT2D eigenvalue weighted by molar-refractivity contribution is 0.583. The summed E-state index contributed by atoms with van der Waals surface area (Å²) in [5.41, 5.74) is 5.37. The van der Waals surface area contributed by atoms with E-state index in [4.69, 9.17) is 0 Å². The van der Waals surface area contributed by atoms with Gasteiger partial charge in [0.15, 0.2) is 0 Å². The number of hydrogen-bond acceptors (Lipinski definition) is 0. The third-order valence-corrected chi connectivity index (χ3v) is 10.1. The van der Waals surface area contributed by atoms with Crippen molar-refractivity contribution in [2.45, 2.75) is 89.6 Å². The van der Waals surface area contributed by atoms with Crippen molar-refractivity contribution in [3.05, 3.63) is 11.4 Å². The van der Waals surface area contributed by atoms with Crippen molar-refractivity contribution in [1.82, 2.24) is 0 Å². The Balaban J connectivity index is 2.57. The molecule has 0 atom stereocenters. The molecule has 0 bridgehead atoms. The predicted octanol–water partition coefficient (Wildman–Crippen LogP) is 6.17. The van der Waals surface area contributed by atoms with Crippen LogP contribution in [0.4, 0.5) is 0 Å². The second kappa shape index (κ2) is 7.69. The second-order valence-electron chi connectivity index (χ2n) is 7.64. The molecule has 0 aromatic rings. The van der Waals surface area contributed by atoms with Crippen LogP contribution in [-0.2, 0) is 0 Å². The van der Waals surface area contributed by atoms with Crippen LogP contribution >= 0.6 is 0 Å². The maximum absolute atomic E-state index is 2.69. The van der Waals surface area contributed by atoms with E-state index in [1.807, 2.05) is 0 Å². The summed E-state index contributed by atoms with van der Waals surface area (Å²) in [6.07, 6.45) is 11.8. The van der Waals surface area contributed by atoms with E-state index in [0.29, 0.717) is 0 Å². The van der Waals surface area contributed by atoms with Gasteiger partial charge in [0.05, 0.1) is 16.1 Å². The van der Waals surface area contributed by atoms with Crippen molar-refractivity contribution in [2.75, 3.05) is 0 Å². The Morgan fingerprint density at radius 2 is 0.778 bits per heavy atom. The Morgan fingerprint density at radius 1 is 0.500 bits per heavy atom. The molecule has 1 rings (SSSR count). The lowest BCUT2D eigenvalue weighted by atomic mass is 10.1. The number of hydrogen-bond donors (Lipinski definition) is 0. The molecule has 0 nitrogen and oxygen atoms in total. The minimum absolute atomic E-state index is 1.03. The van der Waals surface area contributed by atoms with Crippen molar-refractivity contribution in [3.8, 4) is 0 Å². The van der Waals surface area contributed by atoms with E-state index in [-0.39, 0.29) is 0 Å². The largest absolute Gasteiger partial charge is 0.102 e. The lowest BCUT2D eigenvalue weighted by Gasteiger charge is -2.23. The zero-order chi connectivity index (χ0) is 13.5. The minimum atomic E-state index is -1.03. The van der Waals surface area contributed by atoms with Crippen LogP contribution < -0.4 is 0 Å². The maximum atomic E-state index is 2.69. The quantitative estimate of drug-likeness (QED) is 0.466. The van der Waals surface area contributed by atoms with Gasteiger partial charge in [-0.3, -0.25) is 0 Å². The predicted molar refractivity (Wildman–Crippen MR) is 90.7 cm³/mol. The zero-order valence-corrected chi connectivity index (χ0v) is 15.2. The van der Waals surface area contributed by atoms with E-state index in [9.17, 15) is 0 Å². The van der Waals surface area contributed by atoms with Gasteiger partial charge in [0, 0.05) is 0 Å². The fourth-order valence-electron chi connectivity index (χ4n) is 2.84. The summed E-state index contributed by atoms with van der Waals surface area (Å²) in [6.45, 7) is 10.2. The van der Waals surface area contributed by atoms with Crippen LogP contribution in [0.1, 0.15) is 51.4 Å². The molecule has 1 aliphatic heterocycles. The summed E-state index contributed by atoms with van der Waals surface area (Å²) in [7, 11) is -2.06. The average molecular weight is 283 g/mol. The summed E-state index contributed by atoms with van der Waals surface area (Å²) >= 11 is 0. The fraction of sp³-hybridized carbons (Fsp3) is 0.875. The first-order valence-corrected chi connectivity index (χ1v) is 14.7. The van der Waals surface area contributed by atoms with Gasteiger partial charge in [0.2, 0.25) is 0 Å². The molecule has 1 heterocycles. The van der Waals surface area contributed by atoms with E-state index < -0.39 is 16.1 Å². The third-order valence-electron chi connectivity index (χ3n) is 4.38. The highest BCUT2D eigenvalue weighted by Gasteiger charge is 2.21. The molecule has 0 aliphatic carbocycles. The molecule has 0 saturated carbocycles. The molecule has 0 fully saturated rings. The Bertz CT molecular complexity index is 228. The Labute approximate surface area is 117 Å². The lowest BCUT2D eigenvalue weighted by Crippen LogP contribution is -2.27. The molecule has 106 valence electrons. The molecule has 0 unspecified atom stereocenters. The molecule has 18 heavy (non-hydrogen) atoms. The minimum Gasteiger partial charge on any atom is -0.102 e. The van der Waals surface area contributed by atoms with Gasteiger partial charge in [-0.1, -0.05) is 89.6 Å². The Hall–Kier alpha value is 0.174. The Morgan fingerprint density at radius 3 is 1.11 bits per heavy atom. The summed E-state index contributed by atoms with van der Waals surface area (Å²) in [6, 6.07) is 3.02. The van der Waals surface area contributed by atoms with Crippen LogP contribution in [-0.4, -0.2) is 16.1 Å². The molecule has 0 N–H and O–H groups in total. The van der Waals surface area contributed by atoms with Gasteiger partial charge in [-0.25, -0.2) is 0 Å². The molecular weight excluding hydrogens is 248 g/mol. The van der Waals surface area contributed by atoms with Crippen molar-refractivity contribution >= 4 is 16.1 Å². The summed E-state index contributed by atoms with van der Waals surface area (Å²) in [4.78, 5) is 0. The SMILES string of the molecule is C[Si]1(C)/C=C/[Si](C)(C)CCCCCCCCCC1. The second-order valence-corrected chi connectivity index (χ2v) is 17.3. The molecular formula is C16H34Si2. The number of rotatable bonds is 0. The molecule has 1 aliphatic rings. The van der Waals surface area contributed by atoms with Crippen molar-refractivity contribution < 1.29 is 0 Å². The van der Waals surface area contributed by atoms with Crippen molar-refractivity contribution in [1.29, 1.82) is 0 Å². The normalized spacial score (nSPS) is 28.2. The molecule has 0 aromatic heterocycles. The Kier molecular flexibility index (Phi) is 6.93. The van der Waals surface area contributed by atoms with Crippen molar-refractivity contribution in [3.63, 3.8) is 0 Å². The summed E-state index contributed by atoms with van der Waals surface area (Å²) in [5, 5.41) is 0. The van der Waals surface area contributed by atoms with E-state index in [1.54, 1.807) is 0 Å². The molecule has 2 heteroatoms. The highest BCUT2D eigenvalue weighted by atomic mass is 28.3. The first-order chi connectivity index (χ1) is 8.41. The van der Waals surface area contributed by atoms with Crippen LogP contribution in [0.15, 0.2) is 11.4 Å². The first kappa shape index (κ1) is 16.2. The van der Waals surface area contributed by atoms with Gasteiger partial charge >= 0.3 is 0 Å². The van der Waals surface area contributed by atoms with Gasteiger partial charge in [-0.2, -0.15) is 0 Å². The maximum Gasteiger partial charge on any atom is 0.0708 e. The monoisotopic (exact) mass is 282 g/mol. The van der Waals surface area contributed by atoms with Gasteiger partial charge in [0.1, 0.15) is 0 Å². The standard InChI is InChI=1S/C16H34Si2/c1-17(2)13-11-9-7-5-6-8-10-12-14-18(3,4)16-15-17/h15-16H,5-14H2,1-4H3/b16-15+. The zero-order valence-electron chi connectivity index (χ0n) is 13.2. The molecule has 0 amide bonds. The average Bonchev–Trinajstić information content (AvgIpc) is 2.28.